The van der Waals surface area contributed by atoms with Gasteiger partial charge in [0, 0.05) is 43.0 Å². The second kappa shape index (κ2) is 4.12. The first-order valence-electron chi connectivity index (χ1n) is 6.08. The van der Waals surface area contributed by atoms with Crippen molar-refractivity contribution >= 4 is 11.2 Å². The van der Waals surface area contributed by atoms with Crippen LogP contribution < -0.4 is 9.30 Å². The van der Waals surface area contributed by atoms with Crippen molar-refractivity contribution < 1.29 is 4.40 Å². The van der Waals surface area contributed by atoms with Crippen LogP contribution >= 0.6 is 0 Å². The molecular formula is C14H17N2+. The van der Waals surface area contributed by atoms with Crippen LogP contribution in [0, 0.1) is 0 Å². The highest BCUT2D eigenvalue weighted by atomic mass is 15.1. The van der Waals surface area contributed by atoms with Crippen LogP contribution in [0.4, 0.5) is 5.69 Å². The predicted molar refractivity (Wildman–Crippen MR) is 65.7 cm³/mol. The van der Waals surface area contributed by atoms with Gasteiger partial charge in [0.15, 0.2) is 12.4 Å². The van der Waals surface area contributed by atoms with Crippen LogP contribution in [0.2, 0.25) is 0 Å². The summed E-state index contributed by atoms with van der Waals surface area (Å²) in [6, 6.07) is 10.8. The fourth-order valence-corrected chi connectivity index (χ4v) is 2.43. The van der Waals surface area contributed by atoms with Crippen LogP contribution in [-0.2, 0) is 0 Å². The maximum absolute atomic E-state index is 2.50. The van der Waals surface area contributed by atoms with E-state index in [9.17, 15) is 0 Å². The monoisotopic (exact) mass is 213 g/mol. The highest BCUT2D eigenvalue weighted by Crippen LogP contribution is 2.19. The first-order chi connectivity index (χ1) is 7.93. The summed E-state index contributed by atoms with van der Waals surface area (Å²) in [5.74, 6) is 0. The van der Waals surface area contributed by atoms with Crippen molar-refractivity contribution in [1.29, 1.82) is 0 Å². The van der Waals surface area contributed by atoms with E-state index in [2.05, 4.69) is 52.0 Å². The molecule has 1 fully saturated rings. The van der Waals surface area contributed by atoms with E-state index in [1.165, 1.54) is 43.6 Å². The van der Waals surface area contributed by atoms with Crippen molar-refractivity contribution in [1.82, 2.24) is 0 Å². The Hall–Kier alpha value is -1.57. The van der Waals surface area contributed by atoms with E-state index in [0.29, 0.717) is 0 Å². The van der Waals surface area contributed by atoms with E-state index in [1.54, 1.807) is 0 Å². The Labute approximate surface area is 96.1 Å². The SMILES string of the molecule is c1cc[n+]2ccc(N3CCCCC3)cc2c1. The zero-order valence-electron chi connectivity index (χ0n) is 9.47. The highest BCUT2D eigenvalue weighted by molar-refractivity contribution is 5.55. The highest BCUT2D eigenvalue weighted by Gasteiger charge is 2.12. The van der Waals surface area contributed by atoms with Gasteiger partial charge in [0.2, 0.25) is 5.52 Å². The average molecular weight is 213 g/mol. The molecule has 3 heterocycles. The molecule has 0 amide bonds. The van der Waals surface area contributed by atoms with Gasteiger partial charge in [-0.2, -0.15) is 4.40 Å². The Kier molecular flexibility index (Phi) is 2.49. The molecule has 0 N–H and O–H groups in total. The lowest BCUT2D eigenvalue weighted by Gasteiger charge is -2.28. The van der Waals surface area contributed by atoms with Crippen molar-refractivity contribution in [3.8, 4) is 0 Å². The molecule has 0 spiro atoms. The van der Waals surface area contributed by atoms with Crippen molar-refractivity contribution in [2.75, 3.05) is 18.0 Å². The lowest BCUT2D eigenvalue weighted by Crippen LogP contribution is -2.30. The molecule has 1 aliphatic rings. The Balaban J connectivity index is 1.97. The largest absolute Gasteiger partial charge is 0.371 e. The van der Waals surface area contributed by atoms with Gasteiger partial charge in [-0.25, -0.2) is 0 Å². The summed E-state index contributed by atoms with van der Waals surface area (Å²) >= 11 is 0. The molecule has 2 nitrogen and oxygen atoms in total. The van der Waals surface area contributed by atoms with E-state index < -0.39 is 0 Å². The van der Waals surface area contributed by atoms with Gasteiger partial charge >= 0.3 is 0 Å². The first-order valence-corrected chi connectivity index (χ1v) is 6.08. The molecule has 16 heavy (non-hydrogen) atoms. The second-order valence-electron chi connectivity index (χ2n) is 4.47. The molecule has 82 valence electrons. The molecule has 0 unspecified atom stereocenters. The van der Waals surface area contributed by atoms with Crippen molar-refractivity contribution in [3.63, 3.8) is 0 Å². The standard InChI is InChI=1S/C14H17N2/c1-3-8-15(9-4-1)14-7-11-16-10-5-2-6-13(16)12-14/h2,5-7,10-12H,1,3-4,8-9H2/q+1. The molecule has 1 saturated heterocycles. The minimum Gasteiger partial charge on any atom is -0.371 e. The van der Waals surface area contributed by atoms with Gasteiger partial charge in [0.1, 0.15) is 0 Å². The smallest absolute Gasteiger partial charge is 0.212 e. The predicted octanol–water partition coefficient (Wildman–Crippen LogP) is 2.42. The van der Waals surface area contributed by atoms with Crippen LogP contribution in [-0.4, -0.2) is 13.1 Å². The molecule has 2 aromatic heterocycles. The van der Waals surface area contributed by atoms with Gasteiger partial charge in [-0.15, -0.1) is 0 Å². The quantitative estimate of drug-likeness (QED) is 0.660. The Morgan fingerprint density at radius 2 is 1.81 bits per heavy atom. The van der Waals surface area contributed by atoms with Crippen molar-refractivity contribution in [2.45, 2.75) is 19.3 Å². The van der Waals surface area contributed by atoms with Gasteiger partial charge in [0.05, 0.1) is 0 Å². The van der Waals surface area contributed by atoms with Crippen LogP contribution in [0.3, 0.4) is 0 Å². The fourth-order valence-electron chi connectivity index (χ4n) is 2.43. The number of hydrogen-bond donors (Lipinski definition) is 0. The lowest BCUT2D eigenvalue weighted by molar-refractivity contribution is -0.511. The summed E-state index contributed by atoms with van der Waals surface area (Å²) in [7, 11) is 0. The van der Waals surface area contributed by atoms with E-state index in [1.807, 2.05) is 0 Å². The molecule has 2 aromatic rings. The van der Waals surface area contributed by atoms with E-state index >= 15 is 0 Å². The zero-order valence-corrected chi connectivity index (χ0v) is 9.47. The molecule has 3 rings (SSSR count). The van der Waals surface area contributed by atoms with E-state index in [4.69, 9.17) is 0 Å². The summed E-state index contributed by atoms with van der Waals surface area (Å²) in [4.78, 5) is 2.50. The second-order valence-corrected chi connectivity index (χ2v) is 4.47. The van der Waals surface area contributed by atoms with E-state index in [-0.39, 0.29) is 0 Å². The van der Waals surface area contributed by atoms with Crippen molar-refractivity contribution in [3.05, 3.63) is 42.7 Å². The first kappa shape index (κ1) is 9.64. The van der Waals surface area contributed by atoms with Gasteiger partial charge in [-0.1, -0.05) is 0 Å². The lowest BCUT2D eigenvalue weighted by atomic mass is 10.1. The minimum absolute atomic E-state index is 1.21. The summed E-state index contributed by atoms with van der Waals surface area (Å²) < 4.78 is 2.16. The number of aromatic nitrogens is 1. The normalized spacial score (nSPS) is 16.6. The maximum atomic E-state index is 2.50. The summed E-state index contributed by atoms with van der Waals surface area (Å²) in [5, 5.41) is 0. The van der Waals surface area contributed by atoms with Gasteiger partial charge < -0.3 is 4.90 Å². The number of hydrogen-bond acceptors (Lipinski definition) is 1. The van der Waals surface area contributed by atoms with Crippen LogP contribution in [0.25, 0.3) is 5.52 Å². The zero-order chi connectivity index (χ0) is 10.8. The third kappa shape index (κ3) is 1.75. The Morgan fingerprint density at radius 3 is 2.69 bits per heavy atom. The van der Waals surface area contributed by atoms with Crippen LogP contribution in [0.5, 0.6) is 0 Å². The number of piperidine rings is 1. The molecule has 1 aliphatic heterocycles. The van der Waals surface area contributed by atoms with Gasteiger partial charge in [-0.3, -0.25) is 0 Å². The maximum Gasteiger partial charge on any atom is 0.212 e. The molecule has 0 aromatic carbocycles. The molecule has 0 radical (unpaired) electrons. The number of fused-ring (bicyclic) bond motifs is 1. The van der Waals surface area contributed by atoms with Crippen LogP contribution in [0.15, 0.2) is 42.7 Å². The van der Waals surface area contributed by atoms with Crippen LogP contribution in [0.1, 0.15) is 19.3 Å². The third-order valence-electron chi connectivity index (χ3n) is 3.35. The average Bonchev–Trinajstić information content (AvgIpc) is 2.39. The van der Waals surface area contributed by atoms with Gasteiger partial charge in [-0.05, 0) is 25.3 Å². The minimum atomic E-state index is 1.21. The third-order valence-corrected chi connectivity index (χ3v) is 3.35. The Morgan fingerprint density at radius 1 is 0.938 bits per heavy atom. The summed E-state index contributed by atoms with van der Waals surface area (Å²) in [6.07, 6.45) is 8.30. The number of nitrogens with zero attached hydrogens (tertiary/aromatic N) is 2. The topological polar surface area (TPSA) is 7.34 Å². The fraction of sp³-hybridized carbons (Fsp3) is 0.357. The molecule has 0 atom stereocenters. The molecular weight excluding hydrogens is 196 g/mol. The van der Waals surface area contributed by atoms with E-state index in [0.717, 1.165) is 0 Å². The Bertz CT molecular complexity index is 487. The summed E-state index contributed by atoms with van der Waals surface area (Å²) in [6.45, 7) is 2.42. The molecule has 0 aliphatic carbocycles. The summed E-state index contributed by atoms with van der Waals surface area (Å²) in [5.41, 5.74) is 2.64. The van der Waals surface area contributed by atoms with Gasteiger partial charge in [0.25, 0.3) is 0 Å². The molecule has 0 saturated carbocycles. The number of anilines is 1. The molecule has 2 heteroatoms. The number of rotatable bonds is 1. The van der Waals surface area contributed by atoms with Crippen molar-refractivity contribution in [2.24, 2.45) is 0 Å². The molecule has 0 bridgehead atoms. The number of pyridine rings is 2.